The van der Waals surface area contributed by atoms with E-state index < -0.39 is 11.9 Å². The number of imide groups is 1. The van der Waals surface area contributed by atoms with Crippen molar-refractivity contribution >= 4 is 11.9 Å². The second-order valence-corrected chi connectivity index (χ2v) is 4.48. The number of benzene rings is 1. The Morgan fingerprint density at radius 3 is 2.09 bits per heavy atom. The molecule has 0 saturated carbocycles. The van der Waals surface area contributed by atoms with Crippen LogP contribution in [0.5, 0.6) is 17.2 Å². The van der Waals surface area contributed by atoms with Gasteiger partial charge in [-0.15, -0.1) is 0 Å². The van der Waals surface area contributed by atoms with E-state index in [0.29, 0.717) is 23.8 Å². The minimum atomic E-state index is -0.548. The number of methoxy groups -OCH3 is 3. The standard InChI is InChI=1S/C15H22N2O5/c1-5-6-7-16-15(19)17-14(18)10-8-11(20-2)13(22-4)12(9-10)21-3/h8-9H,5-7H2,1-4H3,(H2,16,17,18,19). The number of carbonyl (C=O) groups excluding carboxylic acids is 2. The molecule has 0 unspecified atom stereocenters. The van der Waals surface area contributed by atoms with Crippen molar-refractivity contribution in [3.05, 3.63) is 17.7 Å². The second-order valence-electron chi connectivity index (χ2n) is 4.48. The fraction of sp³-hybridized carbons (Fsp3) is 0.467. The number of hydrogen-bond donors (Lipinski definition) is 2. The normalized spacial score (nSPS) is 9.82. The summed E-state index contributed by atoms with van der Waals surface area (Å²) < 4.78 is 15.5. The van der Waals surface area contributed by atoms with Crippen molar-refractivity contribution in [2.24, 2.45) is 0 Å². The molecule has 0 radical (unpaired) electrons. The smallest absolute Gasteiger partial charge is 0.321 e. The summed E-state index contributed by atoms with van der Waals surface area (Å²) in [4.78, 5) is 23.7. The van der Waals surface area contributed by atoms with Crippen LogP contribution >= 0.6 is 0 Å². The molecule has 2 N–H and O–H groups in total. The number of urea groups is 1. The first-order valence-corrected chi connectivity index (χ1v) is 6.96. The Labute approximate surface area is 129 Å². The first-order valence-electron chi connectivity index (χ1n) is 6.96. The topological polar surface area (TPSA) is 85.9 Å². The van der Waals surface area contributed by atoms with Crippen molar-refractivity contribution in [2.45, 2.75) is 19.8 Å². The average molecular weight is 310 g/mol. The number of hydrogen-bond acceptors (Lipinski definition) is 5. The van der Waals surface area contributed by atoms with E-state index in [1.54, 1.807) is 0 Å². The first-order chi connectivity index (χ1) is 10.6. The van der Waals surface area contributed by atoms with Crippen LogP contribution in [0, 0.1) is 0 Å². The number of rotatable bonds is 7. The van der Waals surface area contributed by atoms with Gasteiger partial charge in [-0.1, -0.05) is 13.3 Å². The van der Waals surface area contributed by atoms with Gasteiger partial charge in [-0.2, -0.15) is 0 Å². The Balaban J connectivity index is 2.87. The van der Waals surface area contributed by atoms with Gasteiger partial charge in [0.15, 0.2) is 11.5 Å². The van der Waals surface area contributed by atoms with Crippen molar-refractivity contribution in [1.82, 2.24) is 10.6 Å². The van der Waals surface area contributed by atoms with E-state index in [9.17, 15) is 9.59 Å². The minimum Gasteiger partial charge on any atom is -0.493 e. The molecular weight excluding hydrogens is 288 g/mol. The lowest BCUT2D eigenvalue weighted by atomic mass is 10.1. The molecule has 1 aromatic rings. The molecular formula is C15H22N2O5. The van der Waals surface area contributed by atoms with Crippen molar-refractivity contribution in [3.63, 3.8) is 0 Å². The molecule has 0 heterocycles. The van der Waals surface area contributed by atoms with Gasteiger partial charge in [-0.25, -0.2) is 4.79 Å². The zero-order valence-electron chi connectivity index (χ0n) is 13.3. The lowest BCUT2D eigenvalue weighted by Crippen LogP contribution is -2.39. The number of carbonyl (C=O) groups is 2. The molecule has 7 nitrogen and oxygen atoms in total. The molecule has 1 rings (SSSR count). The van der Waals surface area contributed by atoms with Gasteiger partial charge in [0, 0.05) is 12.1 Å². The highest BCUT2D eigenvalue weighted by atomic mass is 16.5. The van der Waals surface area contributed by atoms with Crippen molar-refractivity contribution < 1.29 is 23.8 Å². The highest BCUT2D eigenvalue weighted by Crippen LogP contribution is 2.38. The Morgan fingerprint density at radius 2 is 1.64 bits per heavy atom. The summed E-state index contributed by atoms with van der Waals surface area (Å²) in [6.45, 7) is 2.53. The largest absolute Gasteiger partial charge is 0.493 e. The van der Waals surface area contributed by atoms with Gasteiger partial charge in [0.05, 0.1) is 21.3 Å². The van der Waals surface area contributed by atoms with Crippen LogP contribution in [0.4, 0.5) is 4.79 Å². The van der Waals surface area contributed by atoms with Gasteiger partial charge in [0.25, 0.3) is 5.91 Å². The van der Waals surface area contributed by atoms with Crippen LogP contribution in [-0.4, -0.2) is 39.8 Å². The van der Waals surface area contributed by atoms with E-state index in [4.69, 9.17) is 14.2 Å². The highest BCUT2D eigenvalue weighted by Gasteiger charge is 2.18. The van der Waals surface area contributed by atoms with Crippen LogP contribution < -0.4 is 24.8 Å². The molecule has 0 fully saturated rings. The Kier molecular flexibility index (Phi) is 7.01. The molecule has 0 aromatic heterocycles. The molecule has 0 spiro atoms. The lowest BCUT2D eigenvalue weighted by Gasteiger charge is -2.14. The van der Waals surface area contributed by atoms with E-state index in [-0.39, 0.29) is 5.56 Å². The van der Waals surface area contributed by atoms with Crippen molar-refractivity contribution in [1.29, 1.82) is 0 Å². The molecule has 0 saturated heterocycles. The zero-order valence-corrected chi connectivity index (χ0v) is 13.3. The zero-order chi connectivity index (χ0) is 16.5. The summed E-state index contributed by atoms with van der Waals surface area (Å²) in [5.74, 6) is 0.527. The molecule has 3 amide bonds. The van der Waals surface area contributed by atoms with E-state index >= 15 is 0 Å². The molecule has 0 aliphatic rings. The Bertz CT molecular complexity index is 506. The van der Waals surface area contributed by atoms with Gasteiger partial charge in [0.1, 0.15) is 0 Å². The summed E-state index contributed by atoms with van der Waals surface area (Å²) in [6.07, 6.45) is 1.81. The van der Waals surface area contributed by atoms with E-state index in [0.717, 1.165) is 12.8 Å². The van der Waals surface area contributed by atoms with Crippen LogP contribution in [-0.2, 0) is 0 Å². The average Bonchev–Trinajstić information content (AvgIpc) is 2.53. The lowest BCUT2D eigenvalue weighted by molar-refractivity contribution is 0.0963. The first kappa shape index (κ1) is 17.6. The molecule has 0 aliphatic carbocycles. The minimum absolute atomic E-state index is 0.236. The van der Waals surface area contributed by atoms with Crippen LogP contribution in [0.25, 0.3) is 0 Å². The number of amides is 3. The van der Waals surface area contributed by atoms with Crippen molar-refractivity contribution in [3.8, 4) is 17.2 Å². The van der Waals surface area contributed by atoms with Crippen LogP contribution in [0.2, 0.25) is 0 Å². The second kappa shape index (κ2) is 8.76. The summed E-state index contributed by atoms with van der Waals surface area (Å²) in [7, 11) is 4.38. The van der Waals surface area contributed by atoms with E-state index in [1.165, 1.54) is 33.5 Å². The molecule has 7 heteroatoms. The highest BCUT2D eigenvalue weighted by molar-refractivity contribution is 6.04. The molecule has 0 aliphatic heterocycles. The predicted molar refractivity (Wildman–Crippen MR) is 81.9 cm³/mol. The SMILES string of the molecule is CCCCNC(=O)NC(=O)c1cc(OC)c(OC)c(OC)c1. The molecule has 122 valence electrons. The quantitative estimate of drug-likeness (QED) is 0.752. The number of nitrogens with one attached hydrogen (secondary N) is 2. The summed E-state index contributed by atoms with van der Waals surface area (Å²) >= 11 is 0. The monoisotopic (exact) mass is 310 g/mol. The maximum absolute atomic E-state index is 12.1. The third-order valence-electron chi connectivity index (χ3n) is 2.97. The third kappa shape index (κ3) is 4.54. The van der Waals surface area contributed by atoms with Gasteiger partial charge < -0.3 is 19.5 Å². The summed E-state index contributed by atoms with van der Waals surface area (Å²) in [5, 5.41) is 4.86. The molecule has 22 heavy (non-hydrogen) atoms. The van der Waals surface area contributed by atoms with Gasteiger partial charge in [-0.3, -0.25) is 10.1 Å². The van der Waals surface area contributed by atoms with Crippen LogP contribution in [0.3, 0.4) is 0 Å². The van der Waals surface area contributed by atoms with Crippen LogP contribution in [0.15, 0.2) is 12.1 Å². The fourth-order valence-corrected chi connectivity index (χ4v) is 1.81. The maximum atomic E-state index is 12.1. The number of ether oxygens (including phenoxy) is 3. The Morgan fingerprint density at radius 1 is 1.05 bits per heavy atom. The maximum Gasteiger partial charge on any atom is 0.321 e. The summed E-state index contributed by atoms with van der Waals surface area (Å²) in [5.41, 5.74) is 0.236. The van der Waals surface area contributed by atoms with Crippen molar-refractivity contribution in [2.75, 3.05) is 27.9 Å². The predicted octanol–water partition coefficient (Wildman–Crippen LogP) is 1.95. The third-order valence-corrected chi connectivity index (χ3v) is 2.97. The van der Waals surface area contributed by atoms with Gasteiger partial charge in [-0.05, 0) is 18.6 Å². The fourth-order valence-electron chi connectivity index (χ4n) is 1.81. The number of unbranched alkanes of at least 4 members (excludes halogenated alkanes) is 1. The summed E-state index contributed by atoms with van der Waals surface area (Å²) in [6, 6.07) is 2.43. The van der Waals surface area contributed by atoms with Crippen LogP contribution in [0.1, 0.15) is 30.1 Å². The van der Waals surface area contributed by atoms with Gasteiger partial charge >= 0.3 is 6.03 Å². The molecule has 1 aromatic carbocycles. The Hall–Kier alpha value is -2.44. The van der Waals surface area contributed by atoms with E-state index in [1.807, 2.05) is 6.92 Å². The molecule has 0 bridgehead atoms. The van der Waals surface area contributed by atoms with E-state index in [2.05, 4.69) is 10.6 Å². The van der Waals surface area contributed by atoms with Gasteiger partial charge in [0.2, 0.25) is 5.75 Å². The molecule has 0 atom stereocenters.